The Balaban J connectivity index is 2.73. The molecule has 4 heteroatoms. The van der Waals surface area contributed by atoms with E-state index in [0.29, 0.717) is 6.42 Å². The molecule has 0 saturated carbocycles. The topological polar surface area (TPSA) is 49.8 Å². The maximum atomic E-state index is 8.66. The van der Waals surface area contributed by atoms with Crippen LogP contribution in [-0.4, -0.2) is 0 Å². The van der Waals surface area contributed by atoms with Gasteiger partial charge in [0.25, 0.3) is 0 Å². The average molecular weight is 314 g/mol. The summed E-state index contributed by atoms with van der Waals surface area (Å²) in [6, 6.07) is 6.20. The summed E-state index contributed by atoms with van der Waals surface area (Å²) < 4.78 is 2.21. The molecular weight excluding hydrogens is 307 g/mol. The minimum absolute atomic E-state index is 0.458. The fraction of sp³-hybridized carbons (Fsp3) is 0.100. The van der Waals surface area contributed by atoms with E-state index in [2.05, 4.69) is 34.7 Å². The number of fused-ring (bicyclic) bond motifs is 1. The summed E-state index contributed by atoms with van der Waals surface area (Å²) in [6.07, 6.45) is 0.458. The quantitative estimate of drug-likeness (QED) is 0.649. The van der Waals surface area contributed by atoms with E-state index >= 15 is 0 Å². The molecule has 0 atom stereocenters. The van der Waals surface area contributed by atoms with Crippen LogP contribution in [0.5, 0.6) is 0 Å². The van der Waals surface area contributed by atoms with Gasteiger partial charge in [0.15, 0.2) is 0 Å². The number of benzene rings is 1. The highest BCUT2D eigenvalue weighted by Gasteiger charge is 2.07. The summed E-state index contributed by atoms with van der Waals surface area (Å²) in [5.74, 6) is 0. The Labute approximate surface area is 99.5 Å². The van der Waals surface area contributed by atoms with E-state index in [9.17, 15) is 0 Å². The standard InChI is InChI=1S/C10H7IN2S/c11-7-3-8-6(1-2-12)5-14-10(8)9(13)4-7/h3-5H,1,13H2. The van der Waals surface area contributed by atoms with Gasteiger partial charge in [-0.25, -0.2) is 0 Å². The van der Waals surface area contributed by atoms with Gasteiger partial charge in [-0.2, -0.15) is 5.26 Å². The number of nitrogen functional groups attached to an aromatic ring is 1. The fourth-order valence-corrected chi connectivity index (χ4v) is 3.03. The molecule has 0 aliphatic carbocycles. The first-order valence-electron chi connectivity index (χ1n) is 4.04. The SMILES string of the molecule is N#CCc1csc2c(N)cc(I)cc12. The third kappa shape index (κ3) is 1.57. The summed E-state index contributed by atoms with van der Waals surface area (Å²) in [5.41, 5.74) is 7.78. The van der Waals surface area contributed by atoms with Gasteiger partial charge >= 0.3 is 0 Å². The molecule has 2 N–H and O–H groups in total. The summed E-state index contributed by atoms with van der Waals surface area (Å²) in [7, 11) is 0. The third-order valence-electron chi connectivity index (χ3n) is 2.02. The maximum absolute atomic E-state index is 8.66. The van der Waals surface area contributed by atoms with Gasteiger partial charge in [-0.15, -0.1) is 11.3 Å². The Kier molecular flexibility index (Phi) is 2.61. The fourth-order valence-electron chi connectivity index (χ4n) is 1.40. The zero-order chi connectivity index (χ0) is 10.1. The molecule has 1 heterocycles. The molecule has 2 rings (SSSR count). The highest BCUT2D eigenvalue weighted by Crippen LogP contribution is 2.32. The number of halogens is 1. The number of rotatable bonds is 1. The number of hydrogen-bond acceptors (Lipinski definition) is 3. The van der Waals surface area contributed by atoms with Crippen LogP contribution in [0.4, 0.5) is 5.69 Å². The van der Waals surface area contributed by atoms with Crippen LogP contribution in [0, 0.1) is 14.9 Å². The van der Waals surface area contributed by atoms with Crippen molar-refractivity contribution >= 4 is 49.7 Å². The van der Waals surface area contributed by atoms with E-state index in [1.807, 2.05) is 11.4 Å². The van der Waals surface area contributed by atoms with Crippen LogP contribution >= 0.6 is 33.9 Å². The number of anilines is 1. The highest BCUT2D eigenvalue weighted by atomic mass is 127. The molecule has 0 spiro atoms. The molecule has 0 aliphatic heterocycles. The second kappa shape index (κ2) is 3.75. The summed E-state index contributed by atoms with van der Waals surface area (Å²) in [5, 5.41) is 11.8. The van der Waals surface area contributed by atoms with Crippen molar-refractivity contribution in [3.63, 3.8) is 0 Å². The Morgan fingerprint density at radius 2 is 2.29 bits per heavy atom. The van der Waals surface area contributed by atoms with E-state index in [4.69, 9.17) is 11.0 Å². The zero-order valence-corrected chi connectivity index (χ0v) is 10.2. The van der Waals surface area contributed by atoms with Gasteiger partial charge < -0.3 is 5.73 Å². The Morgan fingerprint density at radius 3 is 3.00 bits per heavy atom. The van der Waals surface area contributed by atoms with Crippen LogP contribution in [0.1, 0.15) is 5.56 Å². The third-order valence-corrected chi connectivity index (χ3v) is 3.73. The molecule has 70 valence electrons. The van der Waals surface area contributed by atoms with Crippen LogP contribution in [0.25, 0.3) is 10.1 Å². The molecule has 2 nitrogen and oxygen atoms in total. The van der Waals surface area contributed by atoms with E-state index in [0.717, 1.165) is 24.9 Å². The summed E-state index contributed by atoms with van der Waals surface area (Å²) in [6.45, 7) is 0. The number of thiophene rings is 1. The Hall–Kier alpha value is -0.800. The molecule has 1 aromatic heterocycles. The number of nitriles is 1. The van der Waals surface area contributed by atoms with E-state index in [-0.39, 0.29) is 0 Å². The molecular formula is C10H7IN2S. The first-order chi connectivity index (χ1) is 6.72. The van der Waals surface area contributed by atoms with Crippen molar-refractivity contribution < 1.29 is 0 Å². The summed E-state index contributed by atoms with van der Waals surface area (Å²) in [4.78, 5) is 0. The van der Waals surface area contributed by atoms with E-state index < -0.39 is 0 Å². The maximum Gasteiger partial charge on any atom is 0.0670 e. The minimum atomic E-state index is 0.458. The minimum Gasteiger partial charge on any atom is -0.398 e. The highest BCUT2D eigenvalue weighted by molar-refractivity contribution is 14.1. The van der Waals surface area contributed by atoms with Gasteiger partial charge in [0.05, 0.1) is 22.9 Å². The lowest BCUT2D eigenvalue weighted by molar-refractivity contribution is 1.30. The van der Waals surface area contributed by atoms with Crippen molar-refractivity contribution in [2.75, 3.05) is 5.73 Å². The predicted molar refractivity (Wildman–Crippen MR) is 68.3 cm³/mol. The zero-order valence-electron chi connectivity index (χ0n) is 7.25. The Morgan fingerprint density at radius 1 is 1.50 bits per heavy atom. The molecule has 0 fully saturated rings. The van der Waals surface area contributed by atoms with Crippen LogP contribution in [0.2, 0.25) is 0 Å². The first-order valence-corrected chi connectivity index (χ1v) is 6.00. The van der Waals surface area contributed by atoms with Gasteiger partial charge in [-0.3, -0.25) is 0 Å². The normalized spacial score (nSPS) is 10.3. The number of hydrogen-bond donors (Lipinski definition) is 1. The van der Waals surface area contributed by atoms with E-state index in [1.54, 1.807) is 11.3 Å². The smallest absolute Gasteiger partial charge is 0.0670 e. The lowest BCUT2D eigenvalue weighted by Gasteiger charge is -1.98. The predicted octanol–water partition coefficient (Wildman–Crippen LogP) is 3.15. The monoisotopic (exact) mass is 314 g/mol. The lowest BCUT2D eigenvalue weighted by atomic mass is 10.1. The number of nitrogens with two attached hydrogens (primary N) is 1. The van der Waals surface area contributed by atoms with Gasteiger partial charge in [-0.1, -0.05) is 0 Å². The van der Waals surface area contributed by atoms with E-state index in [1.165, 1.54) is 0 Å². The molecule has 0 aliphatic rings. The first kappa shape index (κ1) is 9.74. The second-order valence-electron chi connectivity index (χ2n) is 2.97. The largest absolute Gasteiger partial charge is 0.398 e. The molecule has 2 aromatic rings. The van der Waals surface area contributed by atoms with Gasteiger partial charge in [-0.05, 0) is 51.1 Å². The molecule has 1 aromatic carbocycles. The molecule has 0 bridgehead atoms. The summed E-state index contributed by atoms with van der Waals surface area (Å²) >= 11 is 3.85. The molecule has 0 saturated heterocycles. The molecule has 0 unspecified atom stereocenters. The van der Waals surface area contributed by atoms with Crippen molar-refractivity contribution in [1.29, 1.82) is 5.26 Å². The van der Waals surface area contributed by atoms with Gasteiger partial charge in [0.2, 0.25) is 0 Å². The van der Waals surface area contributed by atoms with Crippen molar-refractivity contribution in [3.8, 4) is 6.07 Å². The van der Waals surface area contributed by atoms with Gasteiger partial charge in [0.1, 0.15) is 0 Å². The average Bonchev–Trinajstić information content (AvgIpc) is 2.49. The molecule has 0 radical (unpaired) electrons. The van der Waals surface area contributed by atoms with Crippen molar-refractivity contribution in [1.82, 2.24) is 0 Å². The number of nitrogens with zero attached hydrogens (tertiary/aromatic N) is 1. The second-order valence-corrected chi connectivity index (χ2v) is 5.09. The molecule has 14 heavy (non-hydrogen) atoms. The van der Waals surface area contributed by atoms with Crippen LogP contribution in [-0.2, 0) is 6.42 Å². The van der Waals surface area contributed by atoms with Crippen molar-refractivity contribution in [2.24, 2.45) is 0 Å². The lowest BCUT2D eigenvalue weighted by Crippen LogP contribution is -1.86. The van der Waals surface area contributed by atoms with Crippen molar-refractivity contribution in [2.45, 2.75) is 6.42 Å². The molecule has 0 amide bonds. The van der Waals surface area contributed by atoms with Crippen LogP contribution in [0.3, 0.4) is 0 Å². The van der Waals surface area contributed by atoms with Gasteiger partial charge in [0, 0.05) is 3.57 Å². The van der Waals surface area contributed by atoms with Crippen LogP contribution < -0.4 is 5.73 Å². The van der Waals surface area contributed by atoms with Crippen molar-refractivity contribution in [3.05, 3.63) is 26.6 Å². The Bertz CT molecular complexity index is 525. The van der Waals surface area contributed by atoms with Crippen LogP contribution in [0.15, 0.2) is 17.5 Å².